The first kappa shape index (κ1) is 15.9. The topological polar surface area (TPSA) is 52.6 Å². The molecule has 114 valence electrons. The minimum Gasteiger partial charge on any atom is -0.378 e. The van der Waals surface area contributed by atoms with Crippen LogP contribution in [-0.2, 0) is 0 Å². The lowest BCUT2D eigenvalue weighted by atomic mass is 10.2. The van der Waals surface area contributed by atoms with Crippen molar-refractivity contribution < 1.29 is 0 Å². The minimum atomic E-state index is 0.438. The number of rotatable bonds is 4. The molecule has 0 aliphatic rings. The zero-order chi connectivity index (χ0) is 15.9. The molecule has 2 N–H and O–H groups in total. The van der Waals surface area contributed by atoms with Gasteiger partial charge in [0.05, 0.1) is 11.4 Å². The lowest BCUT2D eigenvalue weighted by Crippen LogP contribution is -2.25. The van der Waals surface area contributed by atoms with Crippen LogP contribution in [0.25, 0.3) is 0 Å². The van der Waals surface area contributed by atoms with E-state index in [0.717, 1.165) is 22.8 Å². The molecule has 0 spiro atoms. The van der Waals surface area contributed by atoms with E-state index in [1.165, 1.54) is 0 Å². The van der Waals surface area contributed by atoms with E-state index >= 15 is 0 Å². The number of hydrogen-bond acceptors (Lipinski definition) is 4. The third-order valence-corrected chi connectivity index (χ3v) is 3.20. The maximum atomic E-state index is 5.23. The van der Waals surface area contributed by atoms with Crippen LogP contribution >= 0.6 is 12.2 Å². The zero-order valence-corrected chi connectivity index (χ0v) is 13.7. The van der Waals surface area contributed by atoms with Gasteiger partial charge < -0.3 is 10.2 Å². The van der Waals surface area contributed by atoms with Crippen molar-refractivity contribution in [3.63, 3.8) is 0 Å². The molecule has 0 fully saturated rings. The molecule has 2 rings (SSSR count). The Labute approximate surface area is 136 Å². The molecule has 0 saturated heterocycles. The van der Waals surface area contributed by atoms with Crippen molar-refractivity contribution in [3.05, 3.63) is 54.4 Å². The summed E-state index contributed by atoms with van der Waals surface area (Å²) in [6.45, 7) is 1.88. The van der Waals surface area contributed by atoms with Crippen molar-refractivity contribution in [3.8, 4) is 0 Å². The van der Waals surface area contributed by atoms with Crippen molar-refractivity contribution >= 4 is 34.4 Å². The summed E-state index contributed by atoms with van der Waals surface area (Å²) in [7, 11) is 4.01. The number of anilines is 2. The maximum Gasteiger partial charge on any atom is 0.191 e. The van der Waals surface area contributed by atoms with E-state index in [1.54, 1.807) is 6.20 Å². The molecular weight excluding hydrogens is 294 g/mol. The number of benzene rings is 1. The normalized spacial score (nSPS) is 11.0. The summed E-state index contributed by atoms with van der Waals surface area (Å²) >= 11 is 5.23. The van der Waals surface area contributed by atoms with Crippen molar-refractivity contribution in [1.29, 1.82) is 0 Å². The van der Waals surface area contributed by atoms with Gasteiger partial charge in [-0.1, -0.05) is 6.07 Å². The fraction of sp³-hybridized carbons (Fsp3) is 0.188. The lowest BCUT2D eigenvalue weighted by molar-refractivity contribution is 1.03. The highest BCUT2D eigenvalue weighted by molar-refractivity contribution is 7.80. The Kier molecular flexibility index (Phi) is 5.43. The van der Waals surface area contributed by atoms with Crippen LogP contribution in [0, 0.1) is 0 Å². The van der Waals surface area contributed by atoms with Gasteiger partial charge in [0.25, 0.3) is 0 Å². The van der Waals surface area contributed by atoms with Crippen LogP contribution in [0.1, 0.15) is 12.6 Å². The zero-order valence-electron chi connectivity index (χ0n) is 12.9. The van der Waals surface area contributed by atoms with Crippen LogP contribution < -0.4 is 15.6 Å². The molecule has 0 aliphatic heterocycles. The maximum absolute atomic E-state index is 5.23. The quantitative estimate of drug-likeness (QED) is 0.516. The fourth-order valence-electron chi connectivity index (χ4n) is 1.77. The Morgan fingerprint density at radius 2 is 1.86 bits per heavy atom. The molecule has 1 aromatic carbocycles. The average Bonchev–Trinajstić information content (AvgIpc) is 2.54. The molecule has 1 aromatic heterocycles. The smallest absolute Gasteiger partial charge is 0.191 e. The van der Waals surface area contributed by atoms with E-state index in [-0.39, 0.29) is 0 Å². The van der Waals surface area contributed by atoms with E-state index in [9.17, 15) is 0 Å². The molecule has 2 aromatic rings. The standard InChI is InChI=1S/C16H19N5S/c1-12(15-6-4-5-11-17-15)19-20-16(22)18-13-7-9-14(10-8-13)21(2)3/h4-11H,1-3H3,(H2,18,20,22)/b19-12+. The van der Waals surface area contributed by atoms with Crippen molar-refractivity contribution in [1.82, 2.24) is 10.4 Å². The van der Waals surface area contributed by atoms with Gasteiger partial charge in [0.15, 0.2) is 5.11 Å². The number of nitrogens with one attached hydrogen (secondary N) is 2. The van der Waals surface area contributed by atoms with Crippen LogP contribution in [0.3, 0.4) is 0 Å². The van der Waals surface area contributed by atoms with Gasteiger partial charge in [-0.15, -0.1) is 0 Å². The molecule has 0 aliphatic carbocycles. The molecule has 6 heteroatoms. The lowest BCUT2D eigenvalue weighted by Gasteiger charge is -2.13. The van der Waals surface area contributed by atoms with Crippen molar-refractivity contribution in [2.24, 2.45) is 5.10 Å². The minimum absolute atomic E-state index is 0.438. The first-order valence-electron chi connectivity index (χ1n) is 6.86. The second-order valence-electron chi connectivity index (χ2n) is 4.92. The van der Waals surface area contributed by atoms with E-state index in [0.29, 0.717) is 5.11 Å². The van der Waals surface area contributed by atoms with Gasteiger partial charge in [0.2, 0.25) is 0 Å². The number of aromatic nitrogens is 1. The molecule has 0 atom stereocenters. The molecular formula is C16H19N5S. The highest BCUT2D eigenvalue weighted by Gasteiger charge is 2.00. The van der Waals surface area contributed by atoms with E-state index in [4.69, 9.17) is 12.2 Å². The first-order chi connectivity index (χ1) is 10.6. The highest BCUT2D eigenvalue weighted by Crippen LogP contribution is 2.15. The van der Waals surface area contributed by atoms with E-state index in [1.807, 2.05) is 68.4 Å². The van der Waals surface area contributed by atoms with Crippen LogP contribution in [0.4, 0.5) is 11.4 Å². The molecule has 0 radical (unpaired) electrons. The summed E-state index contributed by atoms with van der Waals surface area (Å²) in [5.41, 5.74) is 6.45. The number of thiocarbonyl (C=S) groups is 1. The van der Waals surface area contributed by atoms with Gasteiger partial charge in [-0.05, 0) is 55.5 Å². The number of pyridine rings is 1. The molecule has 0 amide bonds. The molecule has 1 heterocycles. The Hall–Kier alpha value is -2.47. The second-order valence-corrected chi connectivity index (χ2v) is 5.33. The molecule has 0 saturated carbocycles. The monoisotopic (exact) mass is 313 g/mol. The largest absolute Gasteiger partial charge is 0.378 e. The third-order valence-electron chi connectivity index (χ3n) is 3.00. The summed E-state index contributed by atoms with van der Waals surface area (Å²) < 4.78 is 0. The Morgan fingerprint density at radius 3 is 2.45 bits per heavy atom. The molecule has 0 unspecified atom stereocenters. The van der Waals surface area contributed by atoms with Crippen molar-refractivity contribution in [2.45, 2.75) is 6.92 Å². The van der Waals surface area contributed by atoms with Gasteiger partial charge in [-0.3, -0.25) is 10.4 Å². The van der Waals surface area contributed by atoms with E-state index in [2.05, 4.69) is 20.8 Å². The van der Waals surface area contributed by atoms with Gasteiger partial charge in [0.1, 0.15) is 0 Å². The summed E-state index contributed by atoms with van der Waals surface area (Å²) in [6.07, 6.45) is 1.73. The third kappa shape index (κ3) is 4.53. The number of hydrazone groups is 1. The Bertz CT molecular complexity index is 650. The second kappa shape index (κ2) is 7.51. The van der Waals surface area contributed by atoms with Gasteiger partial charge in [-0.2, -0.15) is 5.10 Å². The number of nitrogens with zero attached hydrogens (tertiary/aromatic N) is 3. The predicted octanol–water partition coefficient (Wildman–Crippen LogP) is 2.86. The van der Waals surface area contributed by atoms with Crippen LogP contribution in [0.5, 0.6) is 0 Å². The Balaban J connectivity index is 1.93. The molecule has 0 bridgehead atoms. The first-order valence-corrected chi connectivity index (χ1v) is 7.27. The summed E-state index contributed by atoms with van der Waals surface area (Å²) in [6, 6.07) is 13.7. The van der Waals surface area contributed by atoms with Crippen molar-refractivity contribution in [2.75, 3.05) is 24.3 Å². The van der Waals surface area contributed by atoms with Crippen LogP contribution in [0.2, 0.25) is 0 Å². The summed E-state index contributed by atoms with van der Waals surface area (Å²) in [5, 5.41) is 7.76. The average molecular weight is 313 g/mol. The van der Waals surface area contributed by atoms with Crippen LogP contribution in [-0.4, -0.2) is 29.9 Å². The van der Waals surface area contributed by atoms with Gasteiger partial charge >= 0.3 is 0 Å². The SMILES string of the molecule is C/C(=N\NC(=S)Nc1ccc(N(C)C)cc1)c1ccccn1. The number of hydrogen-bond donors (Lipinski definition) is 2. The fourth-order valence-corrected chi connectivity index (χ4v) is 1.93. The van der Waals surface area contributed by atoms with Gasteiger partial charge in [-0.25, -0.2) is 0 Å². The van der Waals surface area contributed by atoms with Crippen LogP contribution in [0.15, 0.2) is 53.8 Å². The Morgan fingerprint density at radius 1 is 1.14 bits per heavy atom. The highest BCUT2D eigenvalue weighted by atomic mass is 32.1. The predicted molar refractivity (Wildman–Crippen MR) is 96.6 cm³/mol. The molecule has 22 heavy (non-hydrogen) atoms. The molecule has 5 nitrogen and oxygen atoms in total. The van der Waals surface area contributed by atoms with Gasteiger partial charge in [0, 0.05) is 31.7 Å². The summed E-state index contributed by atoms with van der Waals surface area (Å²) in [5.74, 6) is 0. The van der Waals surface area contributed by atoms with E-state index < -0.39 is 0 Å². The summed E-state index contributed by atoms with van der Waals surface area (Å²) in [4.78, 5) is 6.27.